The molecule has 9 heteroatoms. The molecule has 2 saturated heterocycles. The number of nitrogens with zero attached hydrogens (tertiary/aromatic N) is 4. The molecule has 0 spiro atoms. The highest BCUT2D eigenvalue weighted by atomic mass is 19.1. The SMILES string of the molecule is COc1ccc(NC(=O)C(c2ccn(C3CC3)c2)N2CC3CN(C(=O)c4ccc(F)cn4)CC3C2)c(C)c1. The first kappa shape index (κ1) is 24.6. The zero-order valence-corrected chi connectivity index (χ0v) is 21.6. The van der Waals surface area contributed by atoms with Crippen LogP contribution in [0.3, 0.4) is 0 Å². The number of rotatable bonds is 7. The Morgan fingerprint density at radius 2 is 1.84 bits per heavy atom. The van der Waals surface area contributed by atoms with Crippen molar-refractivity contribution < 1.29 is 18.7 Å². The molecule has 1 saturated carbocycles. The van der Waals surface area contributed by atoms with E-state index in [0.717, 1.165) is 41.9 Å². The predicted octanol–water partition coefficient (Wildman–Crippen LogP) is 4.06. The number of carbonyl (C=O) groups excluding carboxylic acids is 2. The number of aryl methyl sites for hydroxylation is 1. The van der Waals surface area contributed by atoms with Crippen LogP contribution in [0.15, 0.2) is 55.0 Å². The van der Waals surface area contributed by atoms with E-state index in [4.69, 9.17) is 4.74 Å². The molecule has 3 unspecified atom stereocenters. The number of aromatic nitrogens is 2. The lowest BCUT2D eigenvalue weighted by atomic mass is 10.0. The Bertz CT molecular complexity index is 1340. The third-order valence-electron chi connectivity index (χ3n) is 8.07. The highest BCUT2D eigenvalue weighted by molar-refractivity contribution is 5.96. The van der Waals surface area contributed by atoms with Gasteiger partial charge in [0.15, 0.2) is 0 Å². The van der Waals surface area contributed by atoms with Crippen molar-refractivity contribution in [3.05, 3.63) is 77.6 Å². The van der Waals surface area contributed by atoms with Crippen LogP contribution in [-0.4, -0.2) is 64.5 Å². The van der Waals surface area contributed by atoms with Crippen molar-refractivity contribution in [1.82, 2.24) is 19.4 Å². The fourth-order valence-electron chi connectivity index (χ4n) is 5.89. The van der Waals surface area contributed by atoms with Gasteiger partial charge in [0, 0.05) is 50.3 Å². The van der Waals surface area contributed by atoms with Crippen LogP contribution in [0.4, 0.5) is 10.1 Å². The molecule has 2 aliphatic heterocycles. The largest absolute Gasteiger partial charge is 0.497 e. The van der Waals surface area contributed by atoms with Gasteiger partial charge >= 0.3 is 0 Å². The minimum absolute atomic E-state index is 0.0600. The zero-order chi connectivity index (χ0) is 26.4. The summed E-state index contributed by atoms with van der Waals surface area (Å²) in [5, 5.41) is 3.16. The third-order valence-corrected chi connectivity index (χ3v) is 8.07. The fraction of sp³-hybridized carbons (Fsp3) is 0.414. The topological polar surface area (TPSA) is 79.7 Å². The minimum Gasteiger partial charge on any atom is -0.497 e. The molecule has 2 aromatic heterocycles. The normalized spacial score (nSPS) is 21.8. The van der Waals surface area contributed by atoms with Crippen molar-refractivity contribution in [3.8, 4) is 5.75 Å². The van der Waals surface area contributed by atoms with Crippen molar-refractivity contribution in [2.45, 2.75) is 31.8 Å². The van der Waals surface area contributed by atoms with Crippen LogP contribution in [0.1, 0.15) is 46.5 Å². The molecule has 8 nitrogen and oxygen atoms in total. The number of methoxy groups -OCH3 is 1. The molecule has 0 radical (unpaired) electrons. The molecule has 1 aromatic carbocycles. The maximum Gasteiger partial charge on any atom is 0.272 e. The summed E-state index contributed by atoms with van der Waals surface area (Å²) in [4.78, 5) is 34.8. The number of anilines is 1. The number of carbonyl (C=O) groups is 2. The van der Waals surface area contributed by atoms with Crippen LogP contribution in [-0.2, 0) is 4.79 Å². The Morgan fingerprint density at radius 3 is 2.47 bits per heavy atom. The first-order valence-electron chi connectivity index (χ1n) is 13.2. The first-order valence-corrected chi connectivity index (χ1v) is 13.2. The minimum atomic E-state index is -0.458. The molecule has 4 heterocycles. The summed E-state index contributed by atoms with van der Waals surface area (Å²) in [5.41, 5.74) is 2.96. The van der Waals surface area contributed by atoms with Crippen LogP contribution >= 0.6 is 0 Å². The first-order chi connectivity index (χ1) is 18.4. The van der Waals surface area contributed by atoms with Crippen LogP contribution in [0.5, 0.6) is 5.75 Å². The van der Waals surface area contributed by atoms with Crippen molar-refractivity contribution in [2.75, 3.05) is 38.6 Å². The second-order valence-electron chi connectivity index (χ2n) is 10.7. The van der Waals surface area contributed by atoms with Crippen molar-refractivity contribution in [1.29, 1.82) is 0 Å². The number of pyridine rings is 1. The average Bonchev–Trinajstić information content (AvgIpc) is 3.32. The molecule has 198 valence electrons. The Hall–Kier alpha value is -3.72. The molecular weight excluding hydrogens is 485 g/mol. The van der Waals surface area contributed by atoms with E-state index in [1.54, 1.807) is 7.11 Å². The van der Waals surface area contributed by atoms with Crippen LogP contribution in [0.2, 0.25) is 0 Å². The molecule has 38 heavy (non-hydrogen) atoms. The summed E-state index contributed by atoms with van der Waals surface area (Å²) in [6, 6.07) is 10.5. The van der Waals surface area contributed by atoms with E-state index < -0.39 is 11.9 Å². The Labute approximate surface area is 221 Å². The van der Waals surface area contributed by atoms with E-state index in [-0.39, 0.29) is 29.3 Å². The number of fused-ring (bicyclic) bond motifs is 1. The van der Waals surface area contributed by atoms with Gasteiger partial charge in [-0.1, -0.05) is 0 Å². The second kappa shape index (κ2) is 9.87. The van der Waals surface area contributed by atoms with E-state index in [9.17, 15) is 14.0 Å². The van der Waals surface area contributed by atoms with Gasteiger partial charge in [0.1, 0.15) is 23.3 Å². The van der Waals surface area contributed by atoms with Crippen LogP contribution in [0.25, 0.3) is 0 Å². The van der Waals surface area contributed by atoms with Gasteiger partial charge in [0.05, 0.1) is 13.3 Å². The number of hydrogen-bond donors (Lipinski definition) is 1. The van der Waals surface area contributed by atoms with Crippen molar-refractivity contribution in [2.24, 2.45) is 11.8 Å². The Morgan fingerprint density at radius 1 is 1.08 bits per heavy atom. The summed E-state index contributed by atoms with van der Waals surface area (Å²) in [5.74, 6) is 0.596. The van der Waals surface area contributed by atoms with Gasteiger partial charge in [-0.3, -0.25) is 14.5 Å². The molecule has 1 aliphatic carbocycles. The monoisotopic (exact) mass is 517 g/mol. The lowest BCUT2D eigenvalue weighted by molar-refractivity contribution is -0.121. The number of likely N-dealkylation sites (tertiary alicyclic amines) is 2. The van der Waals surface area contributed by atoms with E-state index in [0.29, 0.717) is 19.1 Å². The van der Waals surface area contributed by atoms with Crippen LogP contribution < -0.4 is 10.1 Å². The molecule has 3 aliphatic rings. The quantitative estimate of drug-likeness (QED) is 0.512. The van der Waals surface area contributed by atoms with E-state index in [1.165, 1.54) is 25.0 Å². The summed E-state index contributed by atoms with van der Waals surface area (Å²) in [6.45, 7) is 4.61. The second-order valence-corrected chi connectivity index (χ2v) is 10.7. The van der Waals surface area contributed by atoms with E-state index in [1.807, 2.05) is 30.0 Å². The lowest BCUT2D eigenvalue weighted by Crippen LogP contribution is -2.39. The standard InChI is InChI=1S/C29H32FN5O3/c1-18-11-24(38-2)6-8-25(18)32-28(36)27(19-9-10-33(13-19)23-4-5-23)34-14-20-16-35(17-21(20)15-34)29(37)26-7-3-22(30)12-31-26/h3,6-13,20-21,23,27H,4-5,14-17H2,1-2H3,(H,32,36). The smallest absolute Gasteiger partial charge is 0.272 e. The molecule has 6 rings (SSSR count). The van der Waals surface area contributed by atoms with E-state index >= 15 is 0 Å². The van der Waals surface area contributed by atoms with Gasteiger partial charge in [0.2, 0.25) is 5.91 Å². The number of halogens is 1. The molecule has 3 aromatic rings. The van der Waals surface area contributed by atoms with Crippen LogP contribution in [0, 0.1) is 24.6 Å². The summed E-state index contributed by atoms with van der Waals surface area (Å²) in [7, 11) is 1.63. The number of amides is 2. The van der Waals surface area contributed by atoms with Crippen molar-refractivity contribution in [3.63, 3.8) is 0 Å². The van der Waals surface area contributed by atoms with Gasteiger partial charge in [-0.2, -0.15) is 0 Å². The van der Waals surface area contributed by atoms with Gasteiger partial charge in [-0.25, -0.2) is 9.37 Å². The summed E-state index contributed by atoms with van der Waals surface area (Å²) < 4.78 is 20.8. The number of ether oxygens (including phenoxy) is 1. The zero-order valence-electron chi connectivity index (χ0n) is 21.6. The molecule has 3 fully saturated rings. The maximum atomic E-state index is 13.8. The summed E-state index contributed by atoms with van der Waals surface area (Å²) >= 11 is 0. The van der Waals surface area contributed by atoms with Gasteiger partial charge in [0.25, 0.3) is 5.91 Å². The lowest BCUT2D eigenvalue weighted by Gasteiger charge is -2.28. The Kier molecular flexibility index (Phi) is 6.39. The van der Waals surface area contributed by atoms with Gasteiger partial charge < -0.3 is 19.5 Å². The molecule has 3 atom stereocenters. The highest BCUT2D eigenvalue weighted by Crippen LogP contribution is 2.39. The van der Waals surface area contributed by atoms with Gasteiger partial charge in [-0.15, -0.1) is 0 Å². The molecule has 1 N–H and O–H groups in total. The van der Waals surface area contributed by atoms with Crippen molar-refractivity contribution >= 4 is 17.5 Å². The number of benzene rings is 1. The molecule has 0 bridgehead atoms. The average molecular weight is 518 g/mol. The molecule has 2 amide bonds. The van der Waals surface area contributed by atoms with Gasteiger partial charge in [-0.05, 0) is 79.1 Å². The van der Waals surface area contributed by atoms with E-state index in [2.05, 4.69) is 38.2 Å². The molecular formula is C29H32FN5O3. The summed E-state index contributed by atoms with van der Waals surface area (Å²) in [6.07, 6.45) is 7.63. The fourth-order valence-corrected chi connectivity index (χ4v) is 5.89. The maximum absolute atomic E-state index is 13.8. The highest BCUT2D eigenvalue weighted by Gasteiger charge is 2.45. The Balaban J connectivity index is 1.19. The predicted molar refractivity (Wildman–Crippen MR) is 140 cm³/mol. The number of nitrogens with one attached hydrogen (secondary N) is 1. The number of hydrogen-bond acceptors (Lipinski definition) is 5. The third kappa shape index (κ3) is 4.78.